The predicted octanol–water partition coefficient (Wildman–Crippen LogP) is 1.47. The van der Waals surface area contributed by atoms with Gasteiger partial charge >= 0.3 is 5.97 Å². The third kappa shape index (κ3) is 4.87. The third-order valence-corrected chi connectivity index (χ3v) is 2.63. The first-order valence-electron chi connectivity index (χ1n) is 5.94. The van der Waals surface area contributed by atoms with Gasteiger partial charge in [-0.25, -0.2) is 0 Å². The number of hydrogen-bond donors (Lipinski definition) is 4. The van der Waals surface area contributed by atoms with Gasteiger partial charge in [0, 0.05) is 18.5 Å². The van der Waals surface area contributed by atoms with Crippen LogP contribution in [0.2, 0.25) is 0 Å². The van der Waals surface area contributed by atoms with Crippen LogP contribution in [-0.2, 0) is 4.79 Å². The van der Waals surface area contributed by atoms with Gasteiger partial charge in [-0.05, 0) is 31.9 Å². The molecule has 0 heterocycles. The van der Waals surface area contributed by atoms with Crippen LogP contribution in [-0.4, -0.2) is 33.2 Å². The molecule has 1 unspecified atom stereocenters. The lowest BCUT2D eigenvalue weighted by atomic mass is 10.1. The number of carboxylic acids is 1. The first kappa shape index (κ1) is 14.8. The van der Waals surface area contributed by atoms with Crippen molar-refractivity contribution in [3.8, 4) is 11.5 Å². The number of carbonyl (C=O) groups is 2. The highest BCUT2D eigenvalue weighted by molar-refractivity contribution is 5.97. The summed E-state index contributed by atoms with van der Waals surface area (Å²) in [6.45, 7) is 1.76. The molecule has 19 heavy (non-hydrogen) atoms. The lowest BCUT2D eigenvalue weighted by Gasteiger charge is -2.14. The molecule has 0 saturated heterocycles. The predicted molar refractivity (Wildman–Crippen MR) is 68.2 cm³/mol. The van der Waals surface area contributed by atoms with Crippen LogP contribution in [0.5, 0.6) is 11.5 Å². The molecular weight excluding hydrogens is 250 g/mol. The molecule has 1 rings (SSSR count). The van der Waals surface area contributed by atoms with Crippen molar-refractivity contribution in [3.05, 3.63) is 23.8 Å². The van der Waals surface area contributed by atoms with Crippen LogP contribution < -0.4 is 5.32 Å². The highest BCUT2D eigenvalue weighted by atomic mass is 16.4. The largest absolute Gasteiger partial charge is 0.508 e. The summed E-state index contributed by atoms with van der Waals surface area (Å²) in [7, 11) is 0. The minimum absolute atomic E-state index is 0.0602. The summed E-state index contributed by atoms with van der Waals surface area (Å²) in [5, 5.41) is 29.8. The van der Waals surface area contributed by atoms with Crippen molar-refractivity contribution >= 4 is 11.9 Å². The molecule has 0 radical (unpaired) electrons. The Balaban J connectivity index is 2.52. The number of nitrogens with one attached hydrogen (secondary N) is 1. The van der Waals surface area contributed by atoms with E-state index in [1.807, 2.05) is 0 Å². The molecular formula is C13H17NO5. The summed E-state index contributed by atoms with van der Waals surface area (Å²) < 4.78 is 0. The second-order valence-corrected chi connectivity index (χ2v) is 4.36. The molecule has 0 aliphatic rings. The number of phenols is 2. The fraction of sp³-hybridized carbons (Fsp3) is 0.385. The van der Waals surface area contributed by atoms with Crippen LogP contribution in [0.1, 0.15) is 36.5 Å². The minimum Gasteiger partial charge on any atom is -0.508 e. The molecule has 0 aliphatic heterocycles. The smallest absolute Gasteiger partial charge is 0.303 e. The van der Waals surface area contributed by atoms with E-state index in [-0.39, 0.29) is 29.5 Å². The summed E-state index contributed by atoms with van der Waals surface area (Å²) in [4.78, 5) is 22.2. The number of carbonyl (C=O) groups excluding carboxylic acids is 1. The maximum absolute atomic E-state index is 11.8. The molecule has 1 atom stereocenters. The van der Waals surface area contributed by atoms with Gasteiger partial charge in [-0.15, -0.1) is 0 Å². The Morgan fingerprint density at radius 3 is 2.58 bits per heavy atom. The van der Waals surface area contributed by atoms with Gasteiger partial charge in [0.2, 0.25) is 0 Å². The average molecular weight is 267 g/mol. The summed E-state index contributed by atoms with van der Waals surface area (Å²) in [6.07, 6.45) is 1.07. The second-order valence-electron chi connectivity index (χ2n) is 4.36. The quantitative estimate of drug-likeness (QED) is 0.624. The van der Waals surface area contributed by atoms with Crippen molar-refractivity contribution < 1.29 is 24.9 Å². The highest BCUT2D eigenvalue weighted by Crippen LogP contribution is 2.22. The molecule has 0 aliphatic carbocycles. The molecule has 104 valence electrons. The zero-order chi connectivity index (χ0) is 14.4. The van der Waals surface area contributed by atoms with Gasteiger partial charge in [-0.2, -0.15) is 0 Å². The fourth-order valence-corrected chi connectivity index (χ4v) is 1.65. The van der Waals surface area contributed by atoms with Crippen molar-refractivity contribution in [1.29, 1.82) is 0 Å². The van der Waals surface area contributed by atoms with Crippen LogP contribution in [0, 0.1) is 0 Å². The van der Waals surface area contributed by atoms with E-state index in [2.05, 4.69) is 5.32 Å². The summed E-state index contributed by atoms with van der Waals surface area (Å²) in [5.41, 5.74) is 0.0721. The van der Waals surface area contributed by atoms with Crippen LogP contribution in [0.25, 0.3) is 0 Å². The van der Waals surface area contributed by atoms with Gasteiger partial charge in [0.15, 0.2) is 0 Å². The summed E-state index contributed by atoms with van der Waals surface area (Å²) >= 11 is 0. The average Bonchev–Trinajstić information content (AvgIpc) is 2.27. The molecule has 1 aromatic carbocycles. The lowest BCUT2D eigenvalue weighted by Crippen LogP contribution is -2.32. The Labute approximate surface area is 110 Å². The number of carboxylic acid groups (broad SMARTS) is 1. The van der Waals surface area contributed by atoms with Gasteiger partial charge in [0.05, 0.1) is 5.56 Å². The van der Waals surface area contributed by atoms with Crippen LogP contribution in [0.4, 0.5) is 0 Å². The van der Waals surface area contributed by atoms with E-state index in [9.17, 15) is 14.7 Å². The Morgan fingerprint density at radius 2 is 2.00 bits per heavy atom. The van der Waals surface area contributed by atoms with E-state index in [0.717, 1.165) is 6.07 Å². The zero-order valence-electron chi connectivity index (χ0n) is 10.6. The van der Waals surface area contributed by atoms with Gasteiger partial charge in [0.25, 0.3) is 5.91 Å². The molecule has 4 N–H and O–H groups in total. The van der Waals surface area contributed by atoms with E-state index in [1.54, 1.807) is 6.92 Å². The number of phenolic OH excluding ortho intramolecular Hbond substituents is 2. The van der Waals surface area contributed by atoms with Gasteiger partial charge in [-0.1, -0.05) is 0 Å². The molecule has 0 saturated carbocycles. The number of amides is 1. The molecule has 0 bridgehead atoms. The molecule has 0 aromatic heterocycles. The Bertz CT molecular complexity index is 472. The van der Waals surface area contributed by atoms with Crippen molar-refractivity contribution in [2.24, 2.45) is 0 Å². The van der Waals surface area contributed by atoms with Gasteiger partial charge in [-0.3, -0.25) is 9.59 Å². The van der Waals surface area contributed by atoms with Crippen LogP contribution >= 0.6 is 0 Å². The monoisotopic (exact) mass is 267 g/mol. The van der Waals surface area contributed by atoms with Crippen molar-refractivity contribution in [3.63, 3.8) is 0 Å². The van der Waals surface area contributed by atoms with Crippen LogP contribution in [0.3, 0.4) is 0 Å². The first-order valence-corrected chi connectivity index (χ1v) is 5.94. The number of benzene rings is 1. The van der Waals surface area contributed by atoms with Crippen LogP contribution in [0.15, 0.2) is 18.2 Å². The SMILES string of the molecule is CC(CCCC(=O)O)NC(=O)c1ccc(O)cc1O. The Kier molecular flexibility index (Phi) is 5.17. The van der Waals surface area contributed by atoms with E-state index >= 15 is 0 Å². The Morgan fingerprint density at radius 1 is 1.32 bits per heavy atom. The van der Waals surface area contributed by atoms with E-state index in [4.69, 9.17) is 10.2 Å². The molecule has 1 aromatic rings. The molecule has 6 heteroatoms. The third-order valence-electron chi connectivity index (χ3n) is 2.63. The topological polar surface area (TPSA) is 107 Å². The number of hydrogen-bond acceptors (Lipinski definition) is 4. The van der Waals surface area contributed by atoms with Gasteiger partial charge in [0.1, 0.15) is 11.5 Å². The second kappa shape index (κ2) is 6.63. The van der Waals surface area contributed by atoms with Crippen molar-refractivity contribution in [2.75, 3.05) is 0 Å². The van der Waals surface area contributed by atoms with E-state index < -0.39 is 11.9 Å². The van der Waals surface area contributed by atoms with Crippen molar-refractivity contribution in [2.45, 2.75) is 32.2 Å². The maximum Gasteiger partial charge on any atom is 0.303 e. The summed E-state index contributed by atoms with van der Waals surface area (Å²) in [6, 6.07) is 3.53. The highest BCUT2D eigenvalue weighted by Gasteiger charge is 2.14. The van der Waals surface area contributed by atoms with Crippen molar-refractivity contribution in [1.82, 2.24) is 5.32 Å². The lowest BCUT2D eigenvalue weighted by molar-refractivity contribution is -0.137. The first-order chi connectivity index (χ1) is 8.90. The Hall–Kier alpha value is -2.24. The van der Waals surface area contributed by atoms with E-state index in [1.165, 1.54) is 12.1 Å². The molecule has 1 amide bonds. The van der Waals surface area contributed by atoms with Gasteiger partial charge < -0.3 is 20.6 Å². The number of rotatable bonds is 6. The molecule has 6 nitrogen and oxygen atoms in total. The minimum atomic E-state index is -0.866. The maximum atomic E-state index is 11.8. The normalized spacial score (nSPS) is 11.8. The van der Waals surface area contributed by atoms with E-state index in [0.29, 0.717) is 12.8 Å². The fourth-order valence-electron chi connectivity index (χ4n) is 1.65. The zero-order valence-corrected chi connectivity index (χ0v) is 10.6. The standard InChI is InChI=1S/C13H17NO5/c1-8(3-2-4-12(17)18)14-13(19)10-6-5-9(15)7-11(10)16/h5-8,15-16H,2-4H2,1H3,(H,14,19)(H,17,18). The molecule has 0 fully saturated rings. The number of aromatic hydroxyl groups is 2. The summed E-state index contributed by atoms with van der Waals surface area (Å²) in [5.74, 6) is -1.74. The molecule has 0 spiro atoms. The number of aliphatic carboxylic acids is 1.